The Kier molecular flexibility index (Phi) is 3.33. The highest BCUT2D eigenvalue weighted by Crippen LogP contribution is 2.40. The first-order chi connectivity index (χ1) is 8.74. The molecule has 2 heterocycles. The normalized spacial score (nSPS) is 24.5. The van der Waals surface area contributed by atoms with Crippen molar-refractivity contribution in [3.05, 3.63) is 23.3 Å². The van der Waals surface area contributed by atoms with Crippen LogP contribution in [-0.2, 0) is 0 Å². The first-order valence-corrected chi connectivity index (χ1v) is 7.33. The van der Waals surface area contributed by atoms with Gasteiger partial charge in [-0.1, -0.05) is 13.8 Å². The van der Waals surface area contributed by atoms with E-state index in [0.29, 0.717) is 11.8 Å². The fourth-order valence-electron chi connectivity index (χ4n) is 2.64. The van der Waals surface area contributed by atoms with Crippen LogP contribution >= 0.6 is 0 Å². The van der Waals surface area contributed by atoms with Crippen molar-refractivity contribution in [1.29, 1.82) is 0 Å². The molecule has 1 unspecified atom stereocenters. The molecule has 3 rings (SSSR count). The van der Waals surface area contributed by atoms with Gasteiger partial charge in [0.25, 0.3) is 0 Å². The third-order valence-electron chi connectivity index (χ3n) is 4.03. The predicted octanol–water partition coefficient (Wildman–Crippen LogP) is 2.94. The number of aromatic nitrogens is 2. The van der Waals surface area contributed by atoms with Gasteiger partial charge in [0.05, 0.1) is 0 Å². The summed E-state index contributed by atoms with van der Waals surface area (Å²) in [5.41, 5.74) is 2.53. The van der Waals surface area contributed by atoms with Gasteiger partial charge in [-0.05, 0) is 44.2 Å². The second-order valence-electron chi connectivity index (χ2n) is 6.05. The van der Waals surface area contributed by atoms with E-state index in [1.165, 1.54) is 37.1 Å². The molecule has 3 nitrogen and oxygen atoms in total. The van der Waals surface area contributed by atoms with Crippen molar-refractivity contribution in [2.75, 3.05) is 13.1 Å². The molecule has 1 aromatic heterocycles. The Labute approximate surface area is 109 Å². The van der Waals surface area contributed by atoms with Gasteiger partial charge in [-0.3, -0.25) is 0 Å². The van der Waals surface area contributed by atoms with Crippen LogP contribution in [0, 0.1) is 0 Å². The SMILES string of the molecule is CC(C)c1cc(C2CC2)nc(C2CCCNC2)n1. The number of nitrogens with zero attached hydrogens (tertiary/aromatic N) is 2. The molecule has 0 spiro atoms. The van der Waals surface area contributed by atoms with Crippen molar-refractivity contribution in [2.24, 2.45) is 0 Å². The summed E-state index contributed by atoms with van der Waals surface area (Å²) in [5.74, 6) is 2.84. The lowest BCUT2D eigenvalue weighted by molar-refractivity contribution is 0.443. The standard InChI is InChI=1S/C15H23N3/c1-10(2)13-8-14(11-5-6-11)18-15(17-13)12-4-3-7-16-9-12/h8,10-12,16H,3-7,9H2,1-2H3. The van der Waals surface area contributed by atoms with Gasteiger partial charge in [-0.15, -0.1) is 0 Å². The molecule has 98 valence electrons. The van der Waals surface area contributed by atoms with E-state index in [4.69, 9.17) is 9.97 Å². The highest BCUT2D eigenvalue weighted by atomic mass is 14.9. The molecule has 0 aromatic carbocycles. The topological polar surface area (TPSA) is 37.8 Å². The molecule has 3 heteroatoms. The maximum absolute atomic E-state index is 4.85. The minimum atomic E-state index is 0.501. The van der Waals surface area contributed by atoms with Crippen LogP contribution in [0.5, 0.6) is 0 Å². The summed E-state index contributed by atoms with van der Waals surface area (Å²) < 4.78 is 0. The smallest absolute Gasteiger partial charge is 0.133 e. The molecule has 2 fully saturated rings. The molecule has 1 saturated heterocycles. The molecule has 1 aromatic rings. The fraction of sp³-hybridized carbons (Fsp3) is 0.733. The van der Waals surface area contributed by atoms with Gasteiger partial charge in [0.1, 0.15) is 5.82 Å². The maximum Gasteiger partial charge on any atom is 0.133 e. The highest BCUT2D eigenvalue weighted by molar-refractivity contribution is 5.22. The Bertz CT molecular complexity index is 397. The number of hydrogen-bond donors (Lipinski definition) is 1. The monoisotopic (exact) mass is 245 g/mol. The van der Waals surface area contributed by atoms with Crippen LogP contribution in [0.25, 0.3) is 0 Å². The lowest BCUT2D eigenvalue weighted by atomic mass is 9.98. The van der Waals surface area contributed by atoms with Crippen molar-refractivity contribution in [3.8, 4) is 0 Å². The molecule has 1 N–H and O–H groups in total. The van der Waals surface area contributed by atoms with E-state index in [1.54, 1.807) is 0 Å². The van der Waals surface area contributed by atoms with E-state index in [1.807, 2.05) is 0 Å². The average Bonchev–Trinajstić information content (AvgIpc) is 3.23. The van der Waals surface area contributed by atoms with Gasteiger partial charge in [-0.25, -0.2) is 9.97 Å². The molecule has 18 heavy (non-hydrogen) atoms. The van der Waals surface area contributed by atoms with Crippen LogP contribution < -0.4 is 5.32 Å². The molecule has 0 radical (unpaired) electrons. The molecular formula is C15H23N3. The maximum atomic E-state index is 4.85. The Balaban J connectivity index is 1.91. The Hall–Kier alpha value is -0.960. The summed E-state index contributed by atoms with van der Waals surface area (Å²) in [6.07, 6.45) is 5.12. The Morgan fingerprint density at radius 2 is 2.00 bits per heavy atom. The molecule has 0 amide bonds. The predicted molar refractivity (Wildman–Crippen MR) is 72.9 cm³/mol. The first-order valence-electron chi connectivity index (χ1n) is 7.33. The zero-order chi connectivity index (χ0) is 12.5. The largest absolute Gasteiger partial charge is 0.316 e. The van der Waals surface area contributed by atoms with Gasteiger partial charge in [0.15, 0.2) is 0 Å². The third kappa shape index (κ3) is 2.56. The Morgan fingerprint density at radius 1 is 1.17 bits per heavy atom. The van der Waals surface area contributed by atoms with E-state index < -0.39 is 0 Å². The van der Waals surface area contributed by atoms with Gasteiger partial charge in [-0.2, -0.15) is 0 Å². The fourth-order valence-corrected chi connectivity index (χ4v) is 2.64. The number of hydrogen-bond acceptors (Lipinski definition) is 3. The molecule has 1 aliphatic carbocycles. The van der Waals surface area contributed by atoms with Crippen LogP contribution in [0.2, 0.25) is 0 Å². The second-order valence-corrected chi connectivity index (χ2v) is 6.05. The molecule has 0 bridgehead atoms. The van der Waals surface area contributed by atoms with Gasteiger partial charge in [0, 0.05) is 29.8 Å². The minimum Gasteiger partial charge on any atom is -0.316 e. The zero-order valence-electron chi connectivity index (χ0n) is 11.4. The average molecular weight is 245 g/mol. The summed E-state index contributed by atoms with van der Waals surface area (Å²) in [6, 6.07) is 2.24. The van der Waals surface area contributed by atoms with Gasteiger partial charge < -0.3 is 5.32 Å². The van der Waals surface area contributed by atoms with Gasteiger partial charge >= 0.3 is 0 Å². The molecule has 1 saturated carbocycles. The van der Waals surface area contributed by atoms with Crippen molar-refractivity contribution in [2.45, 2.75) is 57.3 Å². The van der Waals surface area contributed by atoms with Crippen molar-refractivity contribution in [3.63, 3.8) is 0 Å². The van der Waals surface area contributed by atoms with Gasteiger partial charge in [0.2, 0.25) is 0 Å². The van der Waals surface area contributed by atoms with E-state index in [0.717, 1.165) is 24.8 Å². The summed E-state index contributed by atoms with van der Waals surface area (Å²) >= 11 is 0. The van der Waals surface area contributed by atoms with E-state index in [9.17, 15) is 0 Å². The van der Waals surface area contributed by atoms with Crippen LogP contribution in [-0.4, -0.2) is 23.1 Å². The van der Waals surface area contributed by atoms with Crippen LogP contribution in [0.1, 0.15) is 74.5 Å². The molecule has 1 aliphatic heterocycles. The lowest BCUT2D eigenvalue weighted by Crippen LogP contribution is -2.29. The molecule has 2 aliphatic rings. The first kappa shape index (κ1) is 12.1. The third-order valence-corrected chi connectivity index (χ3v) is 4.03. The van der Waals surface area contributed by atoms with Crippen molar-refractivity contribution >= 4 is 0 Å². The van der Waals surface area contributed by atoms with E-state index >= 15 is 0 Å². The number of nitrogens with one attached hydrogen (secondary N) is 1. The van der Waals surface area contributed by atoms with Crippen LogP contribution in [0.15, 0.2) is 6.07 Å². The molecule has 1 atom stereocenters. The minimum absolute atomic E-state index is 0.501. The summed E-state index contributed by atoms with van der Waals surface area (Å²) in [7, 11) is 0. The summed E-state index contributed by atoms with van der Waals surface area (Å²) in [4.78, 5) is 9.67. The van der Waals surface area contributed by atoms with Crippen LogP contribution in [0.4, 0.5) is 0 Å². The Morgan fingerprint density at radius 3 is 2.61 bits per heavy atom. The second kappa shape index (κ2) is 4.96. The number of rotatable bonds is 3. The number of piperidine rings is 1. The summed E-state index contributed by atoms with van der Waals surface area (Å²) in [5, 5.41) is 3.47. The van der Waals surface area contributed by atoms with Crippen molar-refractivity contribution in [1.82, 2.24) is 15.3 Å². The molecular weight excluding hydrogens is 222 g/mol. The quantitative estimate of drug-likeness (QED) is 0.889. The zero-order valence-corrected chi connectivity index (χ0v) is 11.4. The van der Waals surface area contributed by atoms with E-state index in [-0.39, 0.29) is 0 Å². The lowest BCUT2D eigenvalue weighted by Gasteiger charge is -2.22. The van der Waals surface area contributed by atoms with Crippen LogP contribution in [0.3, 0.4) is 0 Å². The summed E-state index contributed by atoms with van der Waals surface area (Å²) in [6.45, 7) is 6.64. The van der Waals surface area contributed by atoms with E-state index in [2.05, 4.69) is 25.2 Å². The van der Waals surface area contributed by atoms with Crippen molar-refractivity contribution < 1.29 is 0 Å². The highest BCUT2D eigenvalue weighted by Gasteiger charge is 2.28.